The van der Waals surface area contributed by atoms with Gasteiger partial charge < -0.3 is 20.9 Å². The summed E-state index contributed by atoms with van der Waals surface area (Å²) in [6.07, 6.45) is 5.37. The zero-order valence-corrected chi connectivity index (χ0v) is 23.4. The maximum absolute atomic E-state index is 13.0. The second-order valence-electron chi connectivity index (χ2n) is 10.6. The maximum Gasteiger partial charge on any atom is 0.250 e. The van der Waals surface area contributed by atoms with E-state index in [2.05, 4.69) is 22.2 Å². The number of sulfonamides is 1. The summed E-state index contributed by atoms with van der Waals surface area (Å²) in [5, 5.41) is 4.00. The van der Waals surface area contributed by atoms with E-state index in [1.807, 2.05) is 43.3 Å². The molecule has 1 saturated heterocycles. The third-order valence-corrected chi connectivity index (χ3v) is 9.29. The molecule has 2 aliphatic heterocycles. The normalized spacial score (nSPS) is 17.8. The number of anilines is 1. The molecule has 9 nitrogen and oxygen atoms in total. The van der Waals surface area contributed by atoms with Crippen molar-refractivity contribution in [3.63, 3.8) is 0 Å². The molecule has 0 aliphatic carbocycles. The van der Waals surface area contributed by atoms with Crippen molar-refractivity contribution in [1.82, 2.24) is 14.2 Å². The molecule has 0 spiro atoms. The summed E-state index contributed by atoms with van der Waals surface area (Å²) in [6.45, 7) is 4.52. The average Bonchev–Trinajstić information content (AvgIpc) is 3.35. The van der Waals surface area contributed by atoms with Crippen LogP contribution in [0.5, 0.6) is 0 Å². The SMILES string of the molecule is Cc1c(NC(=O)C2CCN(C)CC2)cccc1-c1ccc(C(N)=O)c2[nH]c(C3=CCN(S(C)(=O)=O)CC3)cc12. The van der Waals surface area contributed by atoms with Gasteiger partial charge >= 0.3 is 0 Å². The number of aromatic amines is 1. The third-order valence-electron chi connectivity index (χ3n) is 8.02. The van der Waals surface area contributed by atoms with Gasteiger partial charge in [-0.15, -0.1) is 0 Å². The van der Waals surface area contributed by atoms with Crippen LogP contribution in [0.1, 0.15) is 40.9 Å². The fourth-order valence-corrected chi connectivity index (χ4v) is 6.37. The number of piperidine rings is 1. The molecule has 10 heteroatoms. The summed E-state index contributed by atoms with van der Waals surface area (Å²) in [6, 6.07) is 11.5. The summed E-state index contributed by atoms with van der Waals surface area (Å²) in [4.78, 5) is 30.9. The van der Waals surface area contributed by atoms with Gasteiger partial charge in [0, 0.05) is 35.8 Å². The number of H-pyrrole nitrogens is 1. The molecule has 2 aliphatic rings. The molecule has 2 amide bonds. The lowest BCUT2D eigenvalue weighted by molar-refractivity contribution is -0.121. The second-order valence-corrected chi connectivity index (χ2v) is 12.6. The molecule has 3 aromatic rings. The van der Waals surface area contributed by atoms with Crippen molar-refractivity contribution >= 4 is 44.0 Å². The molecule has 0 saturated carbocycles. The number of nitrogens with zero attached hydrogens (tertiary/aromatic N) is 2. The van der Waals surface area contributed by atoms with Crippen LogP contribution in [0.2, 0.25) is 0 Å². The van der Waals surface area contributed by atoms with Gasteiger partial charge in [0.15, 0.2) is 0 Å². The summed E-state index contributed by atoms with van der Waals surface area (Å²) in [7, 11) is -1.18. The maximum atomic E-state index is 13.0. The zero-order chi connectivity index (χ0) is 27.9. The Morgan fingerprint density at radius 3 is 2.46 bits per heavy atom. The zero-order valence-electron chi connectivity index (χ0n) is 22.6. The number of fused-ring (bicyclic) bond motifs is 1. The molecule has 0 unspecified atom stereocenters. The molecule has 1 fully saturated rings. The Labute approximate surface area is 229 Å². The Kier molecular flexibility index (Phi) is 7.37. The summed E-state index contributed by atoms with van der Waals surface area (Å²) in [5.41, 5.74) is 12.1. The highest BCUT2D eigenvalue weighted by molar-refractivity contribution is 7.88. The van der Waals surface area contributed by atoms with Crippen LogP contribution in [0.3, 0.4) is 0 Å². The Bertz CT molecular complexity index is 1580. The van der Waals surface area contributed by atoms with Crippen molar-refractivity contribution in [3.8, 4) is 11.1 Å². The molecule has 2 aromatic carbocycles. The molecule has 0 radical (unpaired) electrons. The fourth-order valence-electron chi connectivity index (χ4n) is 5.60. The average molecular weight is 550 g/mol. The van der Waals surface area contributed by atoms with Crippen molar-refractivity contribution in [1.29, 1.82) is 0 Å². The first-order valence-electron chi connectivity index (χ1n) is 13.2. The number of carbonyl (C=O) groups is 2. The number of benzene rings is 2. The van der Waals surface area contributed by atoms with E-state index < -0.39 is 15.9 Å². The molecule has 3 heterocycles. The predicted molar refractivity (Wildman–Crippen MR) is 155 cm³/mol. The van der Waals surface area contributed by atoms with Crippen molar-refractivity contribution in [3.05, 3.63) is 59.3 Å². The molecular weight excluding hydrogens is 514 g/mol. The highest BCUT2D eigenvalue weighted by Gasteiger charge is 2.25. The van der Waals surface area contributed by atoms with Gasteiger partial charge in [-0.05, 0) is 86.8 Å². The molecule has 1 aromatic heterocycles. The Morgan fingerprint density at radius 1 is 1.08 bits per heavy atom. The first-order valence-corrected chi connectivity index (χ1v) is 15.1. The number of carbonyl (C=O) groups excluding carboxylic acids is 2. The monoisotopic (exact) mass is 549 g/mol. The molecule has 0 atom stereocenters. The van der Waals surface area contributed by atoms with Crippen molar-refractivity contribution in [2.75, 3.05) is 44.8 Å². The fraction of sp³-hybridized carbons (Fsp3) is 0.379. The first kappa shape index (κ1) is 27.1. The number of aromatic nitrogens is 1. The van der Waals surface area contributed by atoms with Gasteiger partial charge in [0.25, 0.3) is 5.91 Å². The van der Waals surface area contributed by atoms with E-state index in [1.54, 1.807) is 6.07 Å². The minimum atomic E-state index is -3.26. The lowest BCUT2D eigenvalue weighted by atomic mass is 9.93. The van der Waals surface area contributed by atoms with Crippen LogP contribution < -0.4 is 11.1 Å². The minimum Gasteiger partial charge on any atom is -0.366 e. The van der Waals surface area contributed by atoms with Gasteiger partial charge in [-0.25, -0.2) is 8.42 Å². The van der Waals surface area contributed by atoms with Gasteiger partial charge in [-0.2, -0.15) is 4.31 Å². The number of rotatable bonds is 6. The first-order chi connectivity index (χ1) is 18.5. The minimum absolute atomic E-state index is 0.000401. The molecule has 5 rings (SSSR count). The number of hydrogen-bond acceptors (Lipinski definition) is 5. The van der Waals surface area contributed by atoms with Crippen LogP contribution in [0.25, 0.3) is 27.6 Å². The lowest BCUT2D eigenvalue weighted by Gasteiger charge is -2.28. The highest BCUT2D eigenvalue weighted by atomic mass is 32.2. The number of likely N-dealkylation sites (tertiary alicyclic amines) is 1. The van der Waals surface area contributed by atoms with Crippen LogP contribution >= 0.6 is 0 Å². The third kappa shape index (κ3) is 5.50. The van der Waals surface area contributed by atoms with Crippen molar-refractivity contribution in [2.24, 2.45) is 11.7 Å². The quantitative estimate of drug-likeness (QED) is 0.433. The lowest BCUT2D eigenvalue weighted by Crippen LogP contribution is -2.36. The van der Waals surface area contributed by atoms with Crippen molar-refractivity contribution < 1.29 is 18.0 Å². The van der Waals surface area contributed by atoms with Gasteiger partial charge in [0.1, 0.15) is 0 Å². The van der Waals surface area contributed by atoms with Gasteiger partial charge in [0.05, 0.1) is 17.3 Å². The number of primary amides is 1. The predicted octanol–water partition coefficient (Wildman–Crippen LogP) is 3.57. The van der Waals surface area contributed by atoms with Gasteiger partial charge in [-0.3, -0.25) is 9.59 Å². The Morgan fingerprint density at radius 2 is 1.82 bits per heavy atom. The van der Waals surface area contributed by atoms with E-state index in [9.17, 15) is 18.0 Å². The number of amides is 2. The second kappa shape index (κ2) is 10.6. The van der Waals surface area contributed by atoms with Crippen LogP contribution in [-0.4, -0.2) is 73.9 Å². The van der Waals surface area contributed by atoms with Gasteiger partial charge in [-0.1, -0.05) is 24.3 Å². The van der Waals surface area contributed by atoms with Crippen LogP contribution in [-0.2, 0) is 14.8 Å². The summed E-state index contributed by atoms with van der Waals surface area (Å²) < 4.78 is 25.3. The molecular formula is C29H35N5O4S. The Balaban J connectivity index is 1.51. The largest absolute Gasteiger partial charge is 0.366 e. The smallest absolute Gasteiger partial charge is 0.250 e. The summed E-state index contributed by atoms with van der Waals surface area (Å²) in [5.74, 6) is -0.481. The van der Waals surface area contributed by atoms with E-state index in [0.29, 0.717) is 30.6 Å². The van der Waals surface area contributed by atoms with E-state index in [1.165, 1.54) is 10.6 Å². The Hall–Kier alpha value is -3.47. The standard InChI is InChI=1S/C29H35N5O4S/c1-18-21(5-4-6-25(18)32-29(36)20-9-13-33(2)14-10-20)22-7-8-23(28(30)35)27-24(22)17-26(31-27)19-11-15-34(16-12-19)39(3,37)38/h4-8,11,17,20,31H,9-10,12-16H2,1-3H3,(H2,30,35)(H,32,36). The summed E-state index contributed by atoms with van der Waals surface area (Å²) >= 11 is 0. The van der Waals surface area contributed by atoms with Crippen LogP contribution in [0, 0.1) is 12.8 Å². The highest BCUT2D eigenvalue weighted by Crippen LogP contribution is 2.37. The molecule has 4 N–H and O–H groups in total. The van der Waals surface area contributed by atoms with Crippen LogP contribution in [0.4, 0.5) is 5.69 Å². The molecule has 206 valence electrons. The molecule has 39 heavy (non-hydrogen) atoms. The van der Waals surface area contributed by atoms with E-state index >= 15 is 0 Å². The van der Waals surface area contributed by atoms with E-state index in [4.69, 9.17) is 5.73 Å². The number of hydrogen-bond donors (Lipinski definition) is 3. The topological polar surface area (TPSA) is 129 Å². The van der Waals surface area contributed by atoms with E-state index in [-0.39, 0.29) is 11.8 Å². The number of nitrogens with two attached hydrogens (primary N) is 1. The van der Waals surface area contributed by atoms with Crippen molar-refractivity contribution in [2.45, 2.75) is 26.2 Å². The van der Waals surface area contributed by atoms with Gasteiger partial charge in [0.2, 0.25) is 15.9 Å². The number of nitrogens with one attached hydrogen (secondary N) is 2. The molecule has 0 bridgehead atoms. The van der Waals surface area contributed by atoms with E-state index in [0.717, 1.165) is 65.0 Å². The van der Waals surface area contributed by atoms with Crippen LogP contribution in [0.15, 0.2) is 42.5 Å².